The van der Waals surface area contributed by atoms with Gasteiger partial charge in [0.2, 0.25) is 0 Å². The van der Waals surface area contributed by atoms with Crippen molar-refractivity contribution in [3.8, 4) is 0 Å². The van der Waals surface area contributed by atoms with E-state index in [1.807, 2.05) is 11.1 Å². The summed E-state index contributed by atoms with van der Waals surface area (Å²) in [7, 11) is 0. The van der Waals surface area contributed by atoms with Crippen molar-refractivity contribution in [3.05, 3.63) is 95.0 Å². The van der Waals surface area contributed by atoms with Crippen LogP contribution >= 0.6 is 0 Å². The number of nitrogens with zero attached hydrogens (tertiary/aromatic N) is 2. The molecule has 0 atom stereocenters. The van der Waals surface area contributed by atoms with Crippen LogP contribution in [0.25, 0.3) is 12.2 Å². The summed E-state index contributed by atoms with van der Waals surface area (Å²) in [5.74, 6) is 0.844. The molecule has 28 heavy (non-hydrogen) atoms. The average Bonchev–Trinajstić information content (AvgIpc) is 2.91. The number of piperidine rings is 1. The van der Waals surface area contributed by atoms with Crippen LogP contribution in [-0.4, -0.2) is 29.7 Å². The van der Waals surface area contributed by atoms with E-state index in [2.05, 4.69) is 65.7 Å². The van der Waals surface area contributed by atoms with Crippen LogP contribution in [0.2, 0.25) is 0 Å². The lowest BCUT2D eigenvalue weighted by molar-refractivity contribution is -0.00517. The Kier molecular flexibility index (Phi) is 4.61. The Morgan fingerprint density at radius 1 is 0.786 bits per heavy atom. The Morgan fingerprint density at radius 3 is 2.00 bits per heavy atom. The predicted octanol–water partition coefficient (Wildman–Crippen LogP) is 5.61. The zero-order chi connectivity index (χ0) is 18.9. The fourth-order valence-electron chi connectivity index (χ4n) is 4.93. The van der Waals surface area contributed by atoms with Crippen molar-refractivity contribution in [2.24, 2.45) is 5.92 Å². The first kappa shape index (κ1) is 17.4. The summed E-state index contributed by atoms with van der Waals surface area (Å²) in [5, 5.41) is 4.33. The van der Waals surface area contributed by atoms with Gasteiger partial charge in [0.1, 0.15) is 5.83 Å². The molecule has 2 aliphatic heterocycles. The van der Waals surface area contributed by atoms with E-state index < -0.39 is 0 Å². The molecule has 2 nitrogen and oxygen atoms in total. The van der Waals surface area contributed by atoms with Crippen molar-refractivity contribution in [2.45, 2.75) is 18.8 Å². The zero-order valence-corrected chi connectivity index (χ0v) is 16.0. The molecule has 5 rings (SSSR count). The van der Waals surface area contributed by atoms with Crippen LogP contribution in [-0.2, 0) is 0 Å². The van der Waals surface area contributed by atoms with E-state index in [0.717, 1.165) is 32.5 Å². The highest BCUT2D eigenvalue weighted by Crippen LogP contribution is 2.43. The molecule has 0 N–H and O–H groups in total. The molecular weight excluding hydrogens is 347 g/mol. The minimum absolute atomic E-state index is 0.161. The molecule has 2 aromatic carbocycles. The fourth-order valence-corrected chi connectivity index (χ4v) is 4.93. The molecular formula is C25H25FN2. The van der Waals surface area contributed by atoms with Gasteiger partial charge in [-0.05, 0) is 47.1 Å². The molecule has 0 unspecified atom stereocenters. The van der Waals surface area contributed by atoms with Crippen molar-refractivity contribution in [1.29, 1.82) is 0 Å². The molecule has 0 saturated carbocycles. The van der Waals surface area contributed by atoms with Crippen LogP contribution in [0.4, 0.5) is 4.39 Å². The van der Waals surface area contributed by atoms with E-state index in [1.165, 1.54) is 22.3 Å². The normalized spacial score (nSPS) is 20.5. The number of rotatable bonds is 2. The van der Waals surface area contributed by atoms with Crippen LogP contribution < -0.4 is 0 Å². The van der Waals surface area contributed by atoms with Crippen LogP contribution in [0.5, 0.6) is 0 Å². The molecule has 1 fully saturated rings. The Bertz CT molecular complexity index is 901. The second-order valence-electron chi connectivity index (χ2n) is 7.90. The Labute approximate surface area is 166 Å². The number of hydrogen-bond donors (Lipinski definition) is 0. The lowest BCUT2D eigenvalue weighted by atomic mass is 9.74. The van der Waals surface area contributed by atoms with Gasteiger partial charge in [-0.2, -0.15) is 0 Å². The highest BCUT2D eigenvalue weighted by molar-refractivity contribution is 5.76. The molecule has 142 valence electrons. The lowest BCUT2D eigenvalue weighted by Crippen LogP contribution is -2.45. The van der Waals surface area contributed by atoms with Crippen molar-refractivity contribution in [1.82, 2.24) is 10.0 Å². The standard InChI is InChI=1S/C25H25FN2/c26-22-8-5-15-28(18-22)27-16-13-21(14-17-27)25-23-9-3-1-6-19(23)11-12-20-7-2-4-10-24(20)25/h1-12,18,21,25H,13-17H2. The largest absolute Gasteiger partial charge is 0.306 e. The van der Waals surface area contributed by atoms with Gasteiger partial charge in [-0.25, -0.2) is 9.40 Å². The topological polar surface area (TPSA) is 6.48 Å². The Balaban J connectivity index is 1.42. The molecule has 0 amide bonds. The summed E-state index contributed by atoms with van der Waals surface area (Å²) in [6.45, 7) is 2.70. The van der Waals surface area contributed by atoms with Gasteiger partial charge in [0.15, 0.2) is 0 Å². The molecule has 2 heterocycles. The second kappa shape index (κ2) is 7.40. The van der Waals surface area contributed by atoms with Crippen molar-refractivity contribution >= 4 is 12.2 Å². The molecule has 0 aromatic heterocycles. The average molecular weight is 372 g/mol. The summed E-state index contributed by atoms with van der Waals surface area (Å²) in [5.41, 5.74) is 5.54. The number of hydrogen-bond acceptors (Lipinski definition) is 2. The van der Waals surface area contributed by atoms with Gasteiger partial charge in [-0.3, -0.25) is 0 Å². The first-order chi connectivity index (χ1) is 13.8. The van der Waals surface area contributed by atoms with Crippen LogP contribution in [0, 0.1) is 5.92 Å². The van der Waals surface area contributed by atoms with E-state index in [0.29, 0.717) is 11.8 Å². The summed E-state index contributed by atoms with van der Waals surface area (Å²) in [6.07, 6.45) is 11.8. The first-order valence-corrected chi connectivity index (χ1v) is 10.2. The van der Waals surface area contributed by atoms with Crippen LogP contribution in [0.3, 0.4) is 0 Å². The number of allylic oxidation sites excluding steroid dienone is 2. The van der Waals surface area contributed by atoms with Gasteiger partial charge in [0.05, 0.1) is 12.7 Å². The summed E-state index contributed by atoms with van der Waals surface area (Å²) >= 11 is 0. The quantitative estimate of drug-likeness (QED) is 0.676. The van der Waals surface area contributed by atoms with Crippen LogP contribution in [0.15, 0.2) is 72.7 Å². The maximum Gasteiger partial charge on any atom is 0.140 e. The van der Waals surface area contributed by atoms with E-state index in [9.17, 15) is 4.39 Å². The number of hydrazine groups is 1. The van der Waals surface area contributed by atoms with Gasteiger partial charge >= 0.3 is 0 Å². The lowest BCUT2D eigenvalue weighted by Gasteiger charge is -2.42. The second-order valence-corrected chi connectivity index (χ2v) is 7.90. The molecule has 3 heteroatoms. The fraction of sp³-hybridized carbons (Fsp3) is 0.280. The molecule has 1 saturated heterocycles. The SMILES string of the molecule is FC1=CN(N2CCC(C3c4ccccc4C=Cc4ccccc43)CC2)CC=C1. The summed E-state index contributed by atoms with van der Waals surface area (Å²) < 4.78 is 13.6. The number of fused-ring (bicyclic) bond motifs is 2. The van der Waals surface area contributed by atoms with E-state index in [1.54, 1.807) is 12.3 Å². The van der Waals surface area contributed by atoms with E-state index in [-0.39, 0.29) is 5.83 Å². The maximum absolute atomic E-state index is 13.6. The smallest absolute Gasteiger partial charge is 0.140 e. The van der Waals surface area contributed by atoms with Crippen LogP contribution in [0.1, 0.15) is 41.0 Å². The molecule has 0 radical (unpaired) electrons. The molecule has 0 spiro atoms. The number of halogens is 1. The van der Waals surface area contributed by atoms with Gasteiger partial charge in [0.25, 0.3) is 0 Å². The molecule has 1 aliphatic carbocycles. The first-order valence-electron chi connectivity index (χ1n) is 10.2. The molecule has 2 aromatic rings. The predicted molar refractivity (Wildman–Crippen MR) is 113 cm³/mol. The molecule has 3 aliphatic rings. The van der Waals surface area contributed by atoms with Gasteiger partial charge < -0.3 is 5.01 Å². The van der Waals surface area contributed by atoms with Gasteiger partial charge in [-0.1, -0.05) is 66.8 Å². The number of benzene rings is 2. The minimum atomic E-state index is -0.161. The maximum atomic E-state index is 13.6. The third-order valence-corrected chi connectivity index (χ3v) is 6.30. The Hall–Kier alpha value is -2.65. The minimum Gasteiger partial charge on any atom is -0.306 e. The third kappa shape index (κ3) is 3.20. The van der Waals surface area contributed by atoms with Gasteiger partial charge in [-0.15, -0.1) is 0 Å². The van der Waals surface area contributed by atoms with Crippen molar-refractivity contribution in [3.63, 3.8) is 0 Å². The summed E-state index contributed by atoms with van der Waals surface area (Å²) in [6, 6.07) is 17.6. The van der Waals surface area contributed by atoms with Crippen molar-refractivity contribution in [2.75, 3.05) is 19.6 Å². The molecule has 0 bridgehead atoms. The third-order valence-electron chi connectivity index (χ3n) is 6.30. The van der Waals surface area contributed by atoms with E-state index in [4.69, 9.17) is 0 Å². The van der Waals surface area contributed by atoms with Crippen molar-refractivity contribution < 1.29 is 4.39 Å². The monoisotopic (exact) mass is 372 g/mol. The zero-order valence-electron chi connectivity index (χ0n) is 16.0. The highest BCUT2D eigenvalue weighted by atomic mass is 19.1. The highest BCUT2D eigenvalue weighted by Gasteiger charge is 2.32. The van der Waals surface area contributed by atoms with E-state index >= 15 is 0 Å². The Morgan fingerprint density at radius 2 is 1.39 bits per heavy atom. The summed E-state index contributed by atoms with van der Waals surface area (Å²) in [4.78, 5) is 0. The van der Waals surface area contributed by atoms with Gasteiger partial charge in [0, 0.05) is 19.0 Å².